The van der Waals surface area contributed by atoms with Crippen molar-refractivity contribution in [3.05, 3.63) is 35.1 Å². The topological polar surface area (TPSA) is 44.5 Å². The first-order chi connectivity index (χ1) is 8.08. The third-order valence-corrected chi connectivity index (χ3v) is 2.40. The SMILES string of the molecule is CCOC(OCC)C(N)c1cc(C)cc(F)c1. The van der Waals surface area contributed by atoms with Gasteiger partial charge in [-0.05, 0) is 44.0 Å². The Morgan fingerprint density at radius 3 is 2.24 bits per heavy atom. The third kappa shape index (κ3) is 4.07. The largest absolute Gasteiger partial charge is 0.351 e. The molecule has 17 heavy (non-hydrogen) atoms. The van der Waals surface area contributed by atoms with E-state index in [0.29, 0.717) is 18.8 Å². The number of rotatable bonds is 6. The Bertz CT molecular complexity index is 331. The molecule has 1 rings (SSSR count). The van der Waals surface area contributed by atoms with Crippen LogP contribution in [0.1, 0.15) is 31.0 Å². The van der Waals surface area contributed by atoms with Crippen LogP contribution in [0.15, 0.2) is 18.2 Å². The Morgan fingerprint density at radius 2 is 1.76 bits per heavy atom. The second kappa shape index (κ2) is 6.69. The van der Waals surface area contributed by atoms with Crippen molar-refractivity contribution in [2.24, 2.45) is 5.73 Å². The number of benzene rings is 1. The van der Waals surface area contributed by atoms with Gasteiger partial charge >= 0.3 is 0 Å². The Labute approximate surface area is 102 Å². The van der Waals surface area contributed by atoms with Crippen LogP contribution in [0, 0.1) is 12.7 Å². The predicted octanol–water partition coefficient (Wildman–Crippen LogP) is 2.53. The quantitative estimate of drug-likeness (QED) is 0.778. The summed E-state index contributed by atoms with van der Waals surface area (Å²) in [6.07, 6.45) is -0.536. The van der Waals surface area contributed by atoms with E-state index < -0.39 is 12.3 Å². The molecule has 0 amide bonds. The lowest BCUT2D eigenvalue weighted by molar-refractivity contribution is -0.149. The van der Waals surface area contributed by atoms with Crippen molar-refractivity contribution in [2.75, 3.05) is 13.2 Å². The molecule has 0 saturated heterocycles. The molecule has 0 saturated carbocycles. The molecule has 1 unspecified atom stereocenters. The highest BCUT2D eigenvalue weighted by molar-refractivity contribution is 5.26. The van der Waals surface area contributed by atoms with Crippen LogP contribution in [-0.2, 0) is 9.47 Å². The van der Waals surface area contributed by atoms with Crippen LogP contribution >= 0.6 is 0 Å². The lowest BCUT2D eigenvalue weighted by Crippen LogP contribution is -2.31. The van der Waals surface area contributed by atoms with Crippen molar-refractivity contribution in [2.45, 2.75) is 33.1 Å². The summed E-state index contributed by atoms with van der Waals surface area (Å²) in [5.74, 6) is -0.290. The summed E-state index contributed by atoms with van der Waals surface area (Å²) in [6, 6.07) is 4.25. The predicted molar refractivity (Wildman–Crippen MR) is 65.1 cm³/mol. The molecule has 3 nitrogen and oxygen atoms in total. The highest BCUT2D eigenvalue weighted by atomic mass is 19.1. The van der Waals surface area contributed by atoms with Crippen molar-refractivity contribution in [3.8, 4) is 0 Å². The molecular formula is C13H20FNO2. The minimum absolute atomic E-state index is 0.290. The lowest BCUT2D eigenvalue weighted by atomic mass is 10.0. The van der Waals surface area contributed by atoms with Crippen molar-refractivity contribution in [1.82, 2.24) is 0 Å². The minimum atomic E-state index is -0.536. The highest BCUT2D eigenvalue weighted by Crippen LogP contribution is 2.20. The van der Waals surface area contributed by atoms with Crippen LogP contribution in [0.2, 0.25) is 0 Å². The van der Waals surface area contributed by atoms with Crippen LogP contribution in [0.5, 0.6) is 0 Å². The van der Waals surface area contributed by atoms with E-state index in [4.69, 9.17) is 15.2 Å². The zero-order chi connectivity index (χ0) is 12.8. The van der Waals surface area contributed by atoms with E-state index in [9.17, 15) is 4.39 Å². The molecule has 0 heterocycles. The molecule has 1 atom stereocenters. The number of ether oxygens (including phenoxy) is 2. The Hall–Kier alpha value is -0.970. The van der Waals surface area contributed by atoms with Gasteiger partial charge in [0.2, 0.25) is 0 Å². The first kappa shape index (κ1) is 14.1. The van der Waals surface area contributed by atoms with E-state index in [-0.39, 0.29) is 5.82 Å². The summed E-state index contributed by atoms with van der Waals surface area (Å²) in [7, 11) is 0. The number of hydrogen-bond acceptors (Lipinski definition) is 3. The Balaban J connectivity index is 2.87. The number of aryl methyl sites for hydroxylation is 1. The number of halogens is 1. The smallest absolute Gasteiger partial charge is 0.176 e. The molecule has 4 heteroatoms. The summed E-state index contributed by atoms with van der Waals surface area (Å²) in [4.78, 5) is 0. The molecule has 0 aliphatic rings. The second-order valence-corrected chi connectivity index (χ2v) is 3.87. The highest BCUT2D eigenvalue weighted by Gasteiger charge is 2.20. The minimum Gasteiger partial charge on any atom is -0.351 e. The maximum atomic E-state index is 13.3. The molecule has 1 aromatic carbocycles. The van der Waals surface area contributed by atoms with Gasteiger partial charge in [0.05, 0.1) is 6.04 Å². The fourth-order valence-corrected chi connectivity index (χ4v) is 1.70. The van der Waals surface area contributed by atoms with Gasteiger partial charge in [-0.25, -0.2) is 4.39 Å². The molecule has 96 valence electrons. The van der Waals surface area contributed by atoms with E-state index in [0.717, 1.165) is 5.56 Å². The normalized spacial score (nSPS) is 13.1. The molecule has 0 aromatic heterocycles. The van der Waals surface area contributed by atoms with Gasteiger partial charge in [-0.1, -0.05) is 6.07 Å². The second-order valence-electron chi connectivity index (χ2n) is 3.87. The maximum absolute atomic E-state index is 13.3. The van der Waals surface area contributed by atoms with Crippen LogP contribution in [0.4, 0.5) is 4.39 Å². The maximum Gasteiger partial charge on any atom is 0.176 e. The van der Waals surface area contributed by atoms with E-state index in [1.807, 2.05) is 26.8 Å². The van der Waals surface area contributed by atoms with Gasteiger partial charge in [-0.2, -0.15) is 0 Å². The molecule has 2 N–H and O–H groups in total. The standard InChI is InChI=1S/C13H20FNO2/c1-4-16-13(17-5-2)12(15)10-6-9(3)7-11(14)8-10/h6-8,12-13H,4-5,15H2,1-3H3. The van der Waals surface area contributed by atoms with Gasteiger partial charge in [-0.3, -0.25) is 0 Å². The Kier molecular flexibility index (Phi) is 5.55. The zero-order valence-electron chi connectivity index (χ0n) is 10.6. The number of nitrogens with two attached hydrogens (primary N) is 1. The molecule has 1 aromatic rings. The number of hydrogen-bond donors (Lipinski definition) is 1. The molecule has 0 radical (unpaired) electrons. The molecule has 0 aliphatic carbocycles. The van der Waals surface area contributed by atoms with E-state index in [2.05, 4.69) is 0 Å². The summed E-state index contributed by atoms with van der Waals surface area (Å²) in [6.45, 7) is 6.58. The molecular weight excluding hydrogens is 221 g/mol. The molecule has 0 aliphatic heterocycles. The summed E-state index contributed by atoms with van der Waals surface area (Å²) < 4.78 is 24.1. The van der Waals surface area contributed by atoms with E-state index in [1.54, 1.807) is 0 Å². The van der Waals surface area contributed by atoms with Gasteiger partial charge in [0.15, 0.2) is 6.29 Å². The van der Waals surface area contributed by atoms with Crippen LogP contribution < -0.4 is 5.73 Å². The van der Waals surface area contributed by atoms with Crippen LogP contribution in [0.25, 0.3) is 0 Å². The zero-order valence-corrected chi connectivity index (χ0v) is 10.6. The average molecular weight is 241 g/mol. The van der Waals surface area contributed by atoms with Crippen LogP contribution in [-0.4, -0.2) is 19.5 Å². The summed E-state index contributed by atoms with van der Waals surface area (Å²) in [5, 5.41) is 0. The molecule has 0 fully saturated rings. The first-order valence-electron chi connectivity index (χ1n) is 5.84. The van der Waals surface area contributed by atoms with Gasteiger partial charge in [-0.15, -0.1) is 0 Å². The monoisotopic (exact) mass is 241 g/mol. The fraction of sp³-hybridized carbons (Fsp3) is 0.538. The van der Waals surface area contributed by atoms with Gasteiger partial charge in [0.1, 0.15) is 5.82 Å². The Morgan fingerprint density at radius 1 is 1.18 bits per heavy atom. The van der Waals surface area contributed by atoms with Gasteiger partial charge in [0, 0.05) is 13.2 Å². The van der Waals surface area contributed by atoms with Crippen molar-refractivity contribution in [3.63, 3.8) is 0 Å². The fourth-order valence-electron chi connectivity index (χ4n) is 1.70. The molecule has 0 spiro atoms. The van der Waals surface area contributed by atoms with Crippen LogP contribution in [0.3, 0.4) is 0 Å². The average Bonchev–Trinajstić information content (AvgIpc) is 2.26. The summed E-state index contributed by atoms with van der Waals surface area (Å²) in [5.41, 5.74) is 7.56. The lowest BCUT2D eigenvalue weighted by Gasteiger charge is -2.24. The van der Waals surface area contributed by atoms with Gasteiger partial charge < -0.3 is 15.2 Å². The van der Waals surface area contributed by atoms with Crippen molar-refractivity contribution < 1.29 is 13.9 Å². The summed E-state index contributed by atoms with van der Waals surface area (Å²) >= 11 is 0. The molecule has 0 bridgehead atoms. The van der Waals surface area contributed by atoms with Gasteiger partial charge in [0.25, 0.3) is 0 Å². The third-order valence-electron chi connectivity index (χ3n) is 2.40. The van der Waals surface area contributed by atoms with Crippen molar-refractivity contribution >= 4 is 0 Å². The first-order valence-corrected chi connectivity index (χ1v) is 5.84. The van der Waals surface area contributed by atoms with E-state index in [1.165, 1.54) is 12.1 Å². The van der Waals surface area contributed by atoms with E-state index >= 15 is 0 Å². The van der Waals surface area contributed by atoms with Crippen molar-refractivity contribution in [1.29, 1.82) is 0 Å².